The first-order valence-corrected chi connectivity index (χ1v) is 6.32. The Hall–Kier alpha value is -3.00. The minimum atomic E-state index is -0.530. The summed E-state index contributed by atoms with van der Waals surface area (Å²) in [7, 11) is 0. The first-order valence-electron chi connectivity index (χ1n) is 5.95. The number of nitro groups is 2. The molecule has 0 spiro atoms. The first kappa shape index (κ1) is 15.4. The maximum atomic E-state index is 10.7. The zero-order chi connectivity index (χ0) is 16.1. The van der Waals surface area contributed by atoms with Crippen LogP contribution >= 0.6 is 11.6 Å². The van der Waals surface area contributed by atoms with Gasteiger partial charge < -0.3 is 0 Å². The number of non-ortho nitro benzene ring substituents is 2. The molecule has 0 aliphatic rings. The molecule has 2 aromatic carbocycles. The molecular weight excluding hydrogens is 312 g/mol. The summed E-state index contributed by atoms with van der Waals surface area (Å²) in [5.74, 6) is 0. The van der Waals surface area contributed by atoms with E-state index >= 15 is 0 Å². The second-order valence-corrected chi connectivity index (χ2v) is 4.54. The van der Waals surface area contributed by atoms with Crippen molar-refractivity contribution in [1.82, 2.24) is 0 Å². The number of halogens is 1. The van der Waals surface area contributed by atoms with Crippen molar-refractivity contribution in [3.8, 4) is 0 Å². The molecule has 0 fully saturated rings. The van der Waals surface area contributed by atoms with Gasteiger partial charge >= 0.3 is 0 Å². The van der Waals surface area contributed by atoms with E-state index in [0.717, 1.165) is 0 Å². The van der Waals surface area contributed by atoms with E-state index in [4.69, 9.17) is 11.6 Å². The number of hydrazone groups is 1. The van der Waals surface area contributed by atoms with Gasteiger partial charge in [-0.2, -0.15) is 5.10 Å². The predicted octanol–water partition coefficient (Wildman–Crippen LogP) is 3.60. The summed E-state index contributed by atoms with van der Waals surface area (Å²) in [5, 5.41) is 25.4. The second kappa shape index (κ2) is 6.64. The smallest absolute Gasteiger partial charge is 0.270 e. The van der Waals surface area contributed by atoms with Crippen molar-refractivity contribution in [3.63, 3.8) is 0 Å². The van der Waals surface area contributed by atoms with Crippen LogP contribution in [0.25, 0.3) is 0 Å². The normalized spacial score (nSPS) is 10.6. The van der Waals surface area contributed by atoms with Gasteiger partial charge in [-0.1, -0.05) is 11.6 Å². The van der Waals surface area contributed by atoms with E-state index < -0.39 is 9.85 Å². The van der Waals surface area contributed by atoms with Gasteiger partial charge in [0.1, 0.15) is 0 Å². The molecule has 0 aromatic heterocycles. The third-order valence-electron chi connectivity index (χ3n) is 2.67. The van der Waals surface area contributed by atoms with Crippen molar-refractivity contribution in [2.45, 2.75) is 0 Å². The maximum Gasteiger partial charge on any atom is 0.270 e. The first-order chi connectivity index (χ1) is 10.5. The number of nitrogens with one attached hydrogen (secondary N) is 1. The van der Waals surface area contributed by atoms with Gasteiger partial charge in [-0.3, -0.25) is 25.7 Å². The molecule has 1 N–H and O–H groups in total. The lowest BCUT2D eigenvalue weighted by Gasteiger charge is -2.00. The van der Waals surface area contributed by atoms with Crippen LogP contribution in [0.2, 0.25) is 5.02 Å². The van der Waals surface area contributed by atoms with Gasteiger partial charge in [-0.15, -0.1) is 0 Å². The molecule has 0 aliphatic heterocycles. The van der Waals surface area contributed by atoms with Crippen LogP contribution in [0.15, 0.2) is 47.6 Å². The van der Waals surface area contributed by atoms with Crippen LogP contribution in [0.5, 0.6) is 0 Å². The van der Waals surface area contributed by atoms with E-state index in [1.165, 1.54) is 48.7 Å². The Morgan fingerprint density at radius 2 is 1.59 bits per heavy atom. The van der Waals surface area contributed by atoms with Crippen molar-refractivity contribution in [3.05, 3.63) is 73.3 Å². The van der Waals surface area contributed by atoms with Crippen LogP contribution < -0.4 is 5.43 Å². The van der Waals surface area contributed by atoms with Crippen molar-refractivity contribution in [2.24, 2.45) is 5.10 Å². The highest BCUT2D eigenvalue weighted by Gasteiger charge is 2.08. The number of nitrogens with zero attached hydrogens (tertiary/aromatic N) is 3. The minimum absolute atomic E-state index is 0.0312. The van der Waals surface area contributed by atoms with Gasteiger partial charge in [0.15, 0.2) is 0 Å². The zero-order valence-corrected chi connectivity index (χ0v) is 11.7. The van der Waals surface area contributed by atoms with Gasteiger partial charge in [0.2, 0.25) is 0 Å². The largest absolute Gasteiger partial charge is 0.278 e. The van der Waals surface area contributed by atoms with Crippen LogP contribution in [0, 0.1) is 20.2 Å². The molecule has 9 heteroatoms. The number of hydrogen-bond donors (Lipinski definition) is 1. The fourth-order valence-electron chi connectivity index (χ4n) is 1.58. The molecular formula is C13H9ClN4O4. The second-order valence-electron chi connectivity index (χ2n) is 4.14. The van der Waals surface area contributed by atoms with E-state index in [1.54, 1.807) is 0 Å². The van der Waals surface area contributed by atoms with Gasteiger partial charge in [-0.05, 0) is 18.2 Å². The topological polar surface area (TPSA) is 111 Å². The van der Waals surface area contributed by atoms with Crippen LogP contribution in [0.3, 0.4) is 0 Å². The lowest BCUT2D eigenvalue weighted by Crippen LogP contribution is -1.94. The summed E-state index contributed by atoms with van der Waals surface area (Å²) in [6, 6.07) is 9.64. The predicted molar refractivity (Wildman–Crippen MR) is 82.4 cm³/mol. The maximum absolute atomic E-state index is 10.7. The highest BCUT2D eigenvalue weighted by Crippen LogP contribution is 2.21. The summed E-state index contributed by atoms with van der Waals surface area (Å²) in [6.07, 6.45) is 1.33. The molecule has 0 unspecified atom stereocenters. The van der Waals surface area contributed by atoms with Gasteiger partial charge in [0.05, 0.1) is 21.7 Å². The van der Waals surface area contributed by atoms with E-state index in [9.17, 15) is 20.2 Å². The summed E-state index contributed by atoms with van der Waals surface area (Å²) in [5.41, 5.74) is 3.44. The lowest BCUT2D eigenvalue weighted by atomic mass is 10.2. The highest BCUT2D eigenvalue weighted by atomic mass is 35.5. The van der Waals surface area contributed by atoms with Crippen molar-refractivity contribution in [1.29, 1.82) is 0 Å². The monoisotopic (exact) mass is 320 g/mol. The quantitative estimate of drug-likeness (QED) is 0.514. The molecule has 2 rings (SSSR count). The van der Waals surface area contributed by atoms with Crippen LogP contribution in [-0.2, 0) is 0 Å². The third-order valence-corrected chi connectivity index (χ3v) is 3.01. The molecule has 0 saturated heterocycles. The Balaban J connectivity index is 2.10. The number of nitro benzene ring substituents is 2. The standard InChI is InChI=1S/C13H9ClN4O4/c14-13-6-5-12(18(21)22)7-9(13)8-15-16-10-1-3-11(4-2-10)17(19)20/h1-8,16H. The molecule has 0 bridgehead atoms. The Labute approximate surface area is 129 Å². The van der Waals surface area contributed by atoms with Crippen LogP contribution in [-0.4, -0.2) is 16.1 Å². The van der Waals surface area contributed by atoms with E-state index in [2.05, 4.69) is 10.5 Å². The average Bonchev–Trinajstić information content (AvgIpc) is 2.49. The average molecular weight is 321 g/mol. The van der Waals surface area contributed by atoms with Gasteiger partial charge in [-0.25, -0.2) is 0 Å². The summed E-state index contributed by atoms with van der Waals surface area (Å²) in [6.45, 7) is 0. The number of hydrogen-bond acceptors (Lipinski definition) is 6. The minimum Gasteiger partial charge on any atom is -0.278 e. The van der Waals surface area contributed by atoms with Gasteiger partial charge in [0, 0.05) is 34.9 Å². The number of rotatable bonds is 5. The number of anilines is 1. The van der Waals surface area contributed by atoms with Crippen LogP contribution in [0.1, 0.15) is 5.56 Å². The molecule has 22 heavy (non-hydrogen) atoms. The SMILES string of the molecule is O=[N+]([O-])c1ccc(NN=Cc2cc([N+](=O)[O-])ccc2Cl)cc1. The fourth-order valence-corrected chi connectivity index (χ4v) is 1.74. The Bertz CT molecular complexity index is 746. The molecule has 0 radical (unpaired) electrons. The molecule has 8 nitrogen and oxygen atoms in total. The Morgan fingerprint density at radius 3 is 2.18 bits per heavy atom. The van der Waals surface area contributed by atoms with E-state index in [1.807, 2.05) is 0 Å². The fraction of sp³-hybridized carbons (Fsp3) is 0. The Kier molecular flexibility index (Phi) is 4.64. The summed E-state index contributed by atoms with van der Waals surface area (Å²) in [4.78, 5) is 20.2. The van der Waals surface area contributed by atoms with Gasteiger partial charge in [0.25, 0.3) is 11.4 Å². The molecule has 0 heterocycles. The molecule has 0 atom stereocenters. The lowest BCUT2D eigenvalue weighted by molar-refractivity contribution is -0.385. The molecule has 112 valence electrons. The molecule has 0 saturated carbocycles. The summed E-state index contributed by atoms with van der Waals surface area (Å²) < 4.78 is 0. The number of benzene rings is 2. The van der Waals surface area contributed by atoms with Crippen molar-refractivity contribution < 1.29 is 9.85 Å². The van der Waals surface area contributed by atoms with E-state index in [0.29, 0.717) is 16.3 Å². The van der Waals surface area contributed by atoms with Crippen molar-refractivity contribution >= 4 is 34.9 Å². The zero-order valence-electron chi connectivity index (χ0n) is 11.0. The third kappa shape index (κ3) is 3.76. The highest BCUT2D eigenvalue weighted by molar-refractivity contribution is 6.33. The Morgan fingerprint density at radius 1 is 1.00 bits per heavy atom. The molecule has 0 amide bonds. The molecule has 2 aromatic rings. The summed E-state index contributed by atoms with van der Waals surface area (Å²) >= 11 is 5.92. The molecule has 0 aliphatic carbocycles. The van der Waals surface area contributed by atoms with E-state index in [-0.39, 0.29) is 11.4 Å². The van der Waals surface area contributed by atoms with Crippen molar-refractivity contribution in [2.75, 3.05) is 5.43 Å². The van der Waals surface area contributed by atoms with Crippen LogP contribution in [0.4, 0.5) is 17.1 Å².